The van der Waals surface area contributed by atoms with Crippen molar-refractivity contribution in [3.05, 3.63) is 0 Å². The topological polar surface area (TPSA) is 26.0 Å². The van der Waals surface area contributed by atoms with Crippen LogP contribution in [0, 0.1) is 11.3 Å². The molecule has 0 aromatic heterocycles. The second-order valence-corrected chi connectivity index (χ2v) is 4.37. The fourth-order valence-electron chi connectivity index (χ4n) is 1.90. The summed E-state index contributed by atoms with van der Waals surface area (Å²) in [4.78, 5) is 0. The van der Waals surface area contributed by atoms with Crippen LogP contribution in [0.3, 0.4) is 0 Å². The van der Waals surface area contributed by atoms with Crippen LogP contribution >= 0.6 is 0 Å². The first-order valence-electron chi connectivity index (χ1n) is 4.48. The Hall–Kier alpha value is -0.0400. The average Bonchev–Trinajstić information content (AvgIpc) is 2.44. The Balaban J connectivity index is 1.91. The second-order valence-electron chi connectivity index (χ2n) is 4.37. The zero-order chi connectivity index (χ0) is 7.19. The monoisotopic (exact) mass is 139 g/mol. The van der Waals surface area contributed by atoms with Gasteiger partial charge < -0.3 is 5.73 Å². The predicted octanol–water partition coefficient (Wildman–Crippen LogP) is 1.91. The number of hydrogen-bond acceptors (Lipinski definition) is 1. The molecule has 2 aliphatic rings. The van der Waals surface area contributed by atoms with Gasteiger partial charge in [0.05, 0.1) is 0 Å². The van der Waals surface area contributed by atoms with Crippen LogP contribution in [0.5, 0.6) is 0 Å². The minimum atomic E-state index is 0.529. The van der Waals surface area contributed by atoms with Gasteiger partial charge in [-0.2, -0.15) is 0 Å². The van der Waals surface area contributed by atoms with E-state index in [1.54, 1.807) is 0 Å². The molecule has 0 radical (unpaired) electrons. The van der Waals surface area contributed by atoms with Crippen molar-refractivity contribution < 1.29 is 0 Å². The molecular weight excluding hydrogens is 122 g/mol. The van der Waals surface area contributed by atoms with Gasteiger partial charge in [0, 0.05) is 6.04 Å². The quantitative estimate of drug-likeness (QED) is 0.621. The third kappa shape index (κ3) is 0.878. The lowest BCUT2D eigenvalue weighted by Crippen LogP contribution is -2.40. The van der Waals surface area contributed by atoms with Crippen molar-refractivity contribution >= 4 is 0 Å². The van der Waals surface area contributed by atoms with Gasteiger partial charge in [-0.05, 0) is 37.0 Å². The predicted molar refractivity (Wildman–Crippen MR) is 42.7 cm³/mol. The van der Waals surface area contributed by atoms with E-state index in [1.807, 2.05) is 0 Å². The van der Waals surface area contributed by atoms with Crippen LogP contribution in [0.2, 0.25) is 0 Å². The van der Waals surface area contributed by atoms with E-state index < -0.39 is 0 Å². The molecule has 0 spiro atoms. The van der Waals surface area contributed by atoms with Gasteiger partial charge in [0.25, 0.3) is 0 Å². The van der Waals surface area contributed by atoms with Gasteiger partial charge in [-0.1, -0.05) is 13.3 Å². The lowest BCUT2D eigenvalue weighted by Gasteiger charge is -2.35. The van der Waals surface area contributed by atoms with E-state index in [1.165, 1.54) is 32.1 Å². The standard InChI is InChI=1S/C9H17N/c1-9(5-6-9)8(10)7-3-2-4-7/h7-8H,2-6,10H2,1H3. The summed E-state index contributed by atoms with van der Waals surface area (Å²) in [6, 6.07) is 0.529. The number of hydrogen-bond donors (Lipinski definition) is 1. The molecule has 58 valence electrons. The maximum atomic E-state index is 6.12. The van der Waals surface area contributed by atoms with Crippen LogP contribution in [-0.4, -0.2) is 6.04 Å². The molecule has 0 aromatic carbocycles. The van der Waals surface area contributed by atoms with Crippen molar-refractivity contribution in [2.45, 2.75) is 45.1 Å². The first kappa shape index (κ1) is 6.66. The third-order valence-corrected chi connectivity index (χ3v) is 3.50. The van der Waals surface area contributed by atoms with Crippen molar-refractivity contribution in [1.82, 2.24) is 0 Å². The molecule has 1 atom stereocenters. The third-order valence-electron chi connectivity index (χ3n) is 3.50. The summed E-state index contributed by atoms with van der Waals surface area (Å²) < 4.78 is 0. The smallest absolute Gasteiger partial charge is 0.0121 e. The fourth-order valence-corrected chi connectivity index (χ4v) is 1.90. The van der Waals surface area contributed by atoms with Gasteiger partial charge in [-0.25, -0.2) is 0 Å². The Bertz CT molecular complexity index is 134. The average molecular weight is 139 g/mol. The van der Waals surface area contributed by atoms with E-state index in [0.717, 1.165) is 5.92 Å². The van der Waals surface area contributed by atoms with Crippen molar-refractivity contribution in [1.29, 1.82) is 0 Å². The van der Waals surface area contributed by atoms with Gasteiger partial charge in [-0.15, -0.1) is 0 Å². The Morgan fingerprint density at radius 2 is 2.00 bits per heavy atom. The van der Waals surface area contributed by atoms with Gasteiger partial charge >= 0.3 is 0 Å². The molecule has 0 bridgehead atoms. The molecule has 0 aliphatic heterocycles. The minimum Gasteiger partial charge on any atom is -0.327 e. The molecule has 0 aromatic rings. The Morgan fingerprint density at radius 1 is 1.40 bits per heavy atom. The van der Waals surface area contributed by atoms with Gasteiger partial charge in [0.2, 0.25) is 0 Å². The van der Waals surface area contributed by atoms with Gasteiger partial charge in [-0.3, -0.25) is 0 Å². The lowest BCUT2D eigenvalue weighted by molar-refractivity contribution is 0.204. The van der Waals surface area contributed by atoms with E-state index in [0.29, 0.717) is 11.5 Å². The summed E-state index contributed by atoms with van der Waals surface area (Å²) in [6.45, 7) is 2.34. The molecule has 2 saturated carbocycles. The summed E-state index contributed by atoms with van der Waals surface area (Å²) >= 11 is 0. The van der Waals surface area contributed by atoms with Crippen molar-refractivity contribution in [3.8, 4) is 0 Å². The first-order valence-corrected chi connectivity index (χ1v) is 4.48. The van der Waals surface area contributed by atoms with Crippen LogP contribution in [0.15, 0.2) is 0 Å². The molecule has 1 unspecified atom stereocenters. The van der Waals surface area contributed by atoms with E-state index >= 15 is 0 Å². The zero-order valence-corrected chi connectivity index (χ0v) is 6.77. The van der Waals surface area contributed by atoms with Crippen LogP contribution in [0.1, 0.15) is 39.0 Å². The summed E-state index contributed by atoms with van der Waals surface area (Å²) in [6.07, 6.45) is 6.98. The van der Waals surface area contributed by atoms with E-state index in [9.17, 15) is 0 Å². The Morgan fingerprint density at radius 3 is 2.30 bits per heavy atom. The number of rotatable bonds is 2. The summed E-state index contributed by atoms with van der Waals surface area (Å²) in [5.41, 5.74) is 6.68. The molecule has 1 heteroatoms. The molecule has 2 fully saturated rings. The molecule has 1 nitrogen and oxygen atoms in total. The highest BCUT2D eigenvalue weighted by atomic mass is 14.8. The van der Waals surface area contributed by atoms with Crippen LogP contribution < -0.4 is 5.73 Å². The molecule has 2 rings (SSSR count). The van der Waals surface area contributed by atoms with E-state index in [2.05, 4.69) is 6.92 Å². The van der Waals surface area contributed by atoms with Crippen LogP contribution in [0.25, 0.3) is 0 Å². The molecule has 2 N–H and O–H groups in total. The second kappa shape index (κ2) is 1.97. The minimum absolute atomic E-state index is 0.529. The fraction of sp³-hybridized carbons (Fsp3) is 1.00. The van der Waals surface area contributed by atoms with Crippen molar-refractivity contribution in [2.24, 2.45) is 17.1 Å². The molecular formula is C9H17N. The van der Waals surface area contributed by atoms with Crippen molar-refractivity contribution in [3.63, 3.8) is 0 Å². The van der Waals surface area contributed by atoms with Gasteiger partial charge in [0.15, 0.2) is 0 Å². The highest BCUT2D eigenvalue weighted by Gasteiger charge is 2.46. The largest absolute Gasteiger partial charge is 0.327 e. The van der Waals surface area contributed by atoms with Crippen LogP contribution in [-0.2, 0) is 0 Å². The maximum absolute atomic E-state index is 6.12. The lowest BCUT2D eigenvalue weighted by atomic mass is 9.74. The first-order chi connectivity index (χ1) is 4.72. The van der Waals surface area contributed by atoms with E-state index in [4.69, 9.17) is 5.73 Å². The Labute approximate surface area is 63.0 Å². The summed E-state index contributed by atoms with van der Waals surface area (Å²) in [7, 11) is 0. The highest BCUT2D eigenvalue weighted by Crippen LogP contribution is 2.52. The summed E-state index contributed by atoms with van der Waals surface area (Å²) in [5, 5.41) is 0. The maximum Gasteiger partial charge on any atom is 0.0121 e. The highest BCUT2D eigenvalue weighted by molar-refractivity contribution is 5.01. The van der Waals surface area contributed by atoms with E-state index in [-0.39, 0.29) is 0 Å². The molecule has 2 aliphatic carbocycles. The summed E-state index contributed by atoms with van der Waals surface area (Å²) in [5.74, 6) is 0.882. The Kier molecular flexibility index (Phi) is 1.31. The molecule has 0 amide bonds. The SMILES string of the molecule is CC1(C(N)C2CCC2)CC1. The molecule has 10 heavy (non-hydrogen) atoms. The zero-order valence-electron chi connectivity index (χ0n) is 6.77. The normalized spacial score (nSPS) is 33.0. The number of nitrogens with two attached hydrogens (primary N) is 1. The van der Waals surface area contributed by atoms with Crippen LogP contribution in [0.4, 0.5) is 0 Å². The van der Waals surface area contributed by atoms with Crippen molar-refractivity contribution in [2.75, 3.05) is 0 Å². The van der Waals surface area contributed by atoms with Gasteiger partial charge in [0.1, 0.15) is 0 Å². The molecule has 0 saturated heterocycles. The molecule has 0 heterocycles.